The Kier molecular flexibility index (Phi) is 3.41. The highest BCUT2D eigenvalue weighted by Gasteiger charge is 2.23. The van der Waals surface area contributed by atoms with Crippen LogP contribution in [0.3, 0.4) is 0 Å². The summed E-state index contributed by atoms with van der Waals surface area (Å²) < 4.78 is 0. The molecule has 0 heterocycles. The van der Waals surface area contributed by atoms with Gasteiger partial charge in [0.2, 0.25) is 0 Å². The third kappa shape index (κ3) is 3.24. The van der Waals surface area contributed by atoms with E-state index in [1.165, 1.54) is 0 Å². The largest absolute Gasteiger partial charge is 0.387 e. The molecule has 0 radical (unpaired) electrons. The van der Waals surface area contributed by atoms with E-state index in [4.69, 9.17) is 0 Å². The van der Waals surface area contributed by atoms with Gasteiger partial charge in [-0.2, -0.15) is 0 Å². The predicted octanol–water partition coefficient (Wildman–Crippen LogP) is 1.18. The van der Waals surface area contributed by atoms with Crippen molar-refractivity contribution in [2.24, 2.45) is 0 Å². The van der Waals surface area contributed by atoms with E-state index in [0.717, 1.165) is 18.4 Å². The molecule has 3 N–H and O–H groups in total. The van der Waals surface area contributed by atoms with Crippen molar-refractivity contribution in [3.05, 3.63) is 35.9 Å². The molecule has 86 valence electrons. The molecule has 1 atom stereocenters. The molecule has 1 aliphatic rings. The third-order valence-electron chi connectivity index (χ3n) is 2.55. The quantitative estimate of drug-likeness (QED) is 0.713. The normalized spacial score (nSPS) is 16.6. The van der Waals surface area contributed by atoms with Gasteiger partial charge in [-0.05, 0) is 18.4 Å². The van der Waals surface area contributed by atoms with Gasteiger partial charge in [0, 0.05) is 12.6 Å². The number of amides is 2. The topological polar surface area (TPSA) is 61.4 Å². The average molecular weight is 220 g/mol. The first-order valence-electron chi connectivity index (χ1n) is 5.53. The van der Waals surface area contributed by atoms with Crippen molar-refractivity contribution in [2.45, 2.75) is 25.0 Å². The zero-order chi connectivity index (χ0) is 11.4. The Balaban J connectivity index is 1.74. The maximum atomic E-state index is 11.3. The lowest BCUT2D eigenvalue weighted by atomic mass is 10.1. The minimum atomic E-state index is -0.647. The molecule has 0 aliphatic heterocycles. The average Bonchev–Trinajstić information content (AvgIpc) is 3.11. The third-order valence-corrected chi connectivity index (χ3v) is 2.55. The molecule has 16 heavy (non-hydrogen) atoms. The molecule has 4 nitrogen and oxygen atoms in total. The second-order valence-electron chi connectivity index (χ2n) is 4.06. The van der Waals surface area contributed by atoms with Crippen LogP contribution in [0.1, 0.15) is 24.5 Å². The molecular weight excluding hydrogens is 204 g/mol. The minimum absolute atomic E-state index is 0.197. The molecule has 1 unspecified atom stereocenters. The number of carbonyl (C=O) groups is 1. The Labute approximate surface area is 94.7 Å². The fourth-order valence-electron chi connectivity index (χ4n) is 1.45. The van der Waals surface area contributed by atoms with Crippen molar-refractivity contribution in [3.63, 3.8) is 0 Å². The lowest BCUT2D eigenvalue weighted by Crippen LogP contribution is -2.38. The Morgan fingerprint density at radius 2 is 2.06 bits per heavy atom. The smallest absolute Gasteiger partial charge is 0.315 e. The zero-order valence-electron chi connectivity index (χ0n) is 9.02. The van der Waals surface area contributed by atoms with Crippen LogP contribution in [0.15, 0.2) is 30.3 Å². The first-order valence-corrected chi connectivity index (χ1v) is 5.53. The van der Waals surface area contributed by atoms with Crippen LogP contribution in [0.5, 0.6) is 0 Å². The van der Waals surface area contributed by atoms with Gasteiger partial charge in [0.15, 0.2) is 0 Å². The molecule has 0 aromatic heterocycles. The lowest BCUT2D eigenvalue weighted by molar-refractivity contribution is 0.173. The molecule has 0 saturated heterocycles. The van der Waals surface area contributed by atoms with E-state index >= 15 is 0 Å². The number of aliphatic hydroxyl groups excluding tert-OH is 1. The molecule has 1 fully saturated rings. The number of benzene rings is 1. The second kappa shape index (κ2) is 4.99. The van der Waals surface area contributed by atoms with E-state index in [-0.39, 0.29) is 12.6 Å². The maximum Gasteiger partial charge on any atom is 0.315 e. The molecule has 1 saturated carbocycles. The van der Waals surface area contributed by atoms with Crippen molar-refractivity contribution in [2.75, 3.05) is 6.54 Å². The summed E-state index contributed by atoms with van der Waals surface area (Å²) in [7, 11) is 0. The number of urea groups is 1. The number of carbonyl (C=O) groups excluding carboxylic acids is 1. The molecule has 1 aliphatic carbocycles. The van der Waals surface area contributed by atoms with Crippen LogP contribution in [0.25, 0.3) is 0 Å². The van der Waals surface area contributed by atoms with Crippen molar-refractivity contribution >= 4 is 6.03 Å². The van der Waals surface area contributed by atoms with Gasteiger partial charge >= 0.3 is 6.03 Å². The van der Waals surface area contributed by atoms with Crippen LogP contribution in [0.4, 0.5) is 4.79 Å². The van der Waals surface area contributed by atoms with Crippen LogP contribution >= 0.6 is 0 Å². The molecule has 0 spiro atoms. The molecule has 1 aromatic rings. The Bertz CT molecular complexity index is 349. The van der Waals surface area contributed by atoms with Gasteiger partial charge in [-0.15, -0.1) is 0 Å². The first-order chi connectivity index (χ1) is 7.75. The Hall–Kier alpha value is -1.55. The predicted molar refractivity (Wildman–Crippen MR) is 61.0 cm³/mol. The molecule has 0 bridgehead atoms. The number of nitrogens with one attached hydrogen (secondary N) is 2. The highest BCUT2D eigenvalue weighted by Crippen LogP contribution is 2.18. The summed E-state index contributed by atoms with van der Waals surface area (Å²) in [6.07, 6.45) is 1.48. The number of hydrogen-bond donors (Lipinski definition) is 3. The SMILES string of the molecule is O=C(NCC(O)c1ccccc1)NC1CC1. The summed E-state index contributed by atoms with van der Waals surface area (Å²) in [4.78, 5) is 11.3. The molecule has 1 aromatic carbocycles. The van der Waals surface area contributed by atoms with Gasteiger partial charge < -0.3 is 15.7 Å². The highest BCUT2D eigenvalue weighted by molar-refractivity contribution is 5.74. The van der Waals surface area contributed by atoms with E-state index in [1.807, 2.05) is 30.3 Å². The number of hydrogen-bond acceptors (Lipinski definition) is 2. The summed E-state index contributed by atoms with van der Waals surface area (Å²) in [5.41, 5.74) is 0.814. The van der Waals surface area contributed by atoms with E-state index in [0.29, 0.717) is 6.04 Å². The summed E-state index contributed by atoms with van der Waals surface area (Å²) >= 11 is 0. The van der Waals surface area contributed by atoms with Gasteiger partial charge in [0.25, 0.3) is 0 Å². The second-order valence-corrected chi connectivity index (χ2v) is 4.06. The summed E-state index contributed by atoms with van der Waals surface area (Å²) in [5.74, 6) is 0. The Morgan fingerprint density at radius 1 is 1.38 bits per heavy atom. The number of rotatable bonds is 4. The van der Waals surface area contributed by atoms with Gasteiger partial charge in [-0.25, -0.2) is 4.79 Å². The lowest BCUT2D eigenvalue weighted by Gasteiger charge is -2.12. The fraction of sp³-hybridized carbons (Fsp3) is 0.417. The standard InChI is InChI=1S/C12H16N2O2/c15-11(9-4-2-1-3-5-9)8-13-12(16)14-10-6-7-10/h1-5,10-11,15H,6-8H2,(H2,13,14,16). The maximum absolute atomic E-state index is 11.3. The minimum Gasteiger partial charge on any atom is -0.387 e. The van der Waals surface area contributed by atoms with Crippen molar-refractivity contribution in [3.8, 4) is 0 Å². The van der Waals surface area contributed by atoms with Crippen LogP contribution in [-0.2, 0) is 0 Å². The number of aliphatic hydroxyl groups is 1. The van der Waals surface area contributed by atoms with E-state index in [2.05, 4.69) is 10.6 Å². The van der Waals surface area contributed by atoms with Crippen LogP contribution in [-0.4, -0.2) is 23.7 Å². The van der Waals surface area contributed by atoms with E-state index < -0.39 is 6.10 Å². The molecule has 4 heteroatoms. The Morgan fingerprint density at radius 3 is 2.69 bits per heavy atom. The van der Waals surface area contributed by atoms with Crippen molar-refractivity contribution in [1.29, 1.82) is 0 Å². The van der Waals surface area contributed by atoms with Crippen LogP contribution in [0.2, 0.25) is 0 Å². The van der Waals surface area contributed by atoms with Crippen LogP contribution < -0.4 is 10.6 Å². The van der Waals surface area contributed by atoms with Gasteiger partial charge in [-0.3, -0.25) is 0 Å². The van der Waals surface area contributed by atoms with E-state index in [1.54, 1.807) is 0 Å². The molecule has 2 amide bonds. The van der Waals surface area contributed by atoms with Gasteiger partial charge in [0.1, 0.15) is 0 Å². The van der Waals surface area contributed by atoms with Gasteiger partial charge in [0.05, 0.1) is 6.10 Å². The van der Waals surface area contributed by atoms with Crippen LogP contribution in [0, 0.1) is 0 Å². The molecule has 2 rings (SSSR count). The summed E-state index contributed by atoms with van der Waals surface area (Å²) in [5, 5.41) is 15.2. The summed E-state index contributed by atoms with van der Waals surface area (Å²) in [6.45, 7) is 0.239. The van der Waals surface area contributed by atoms with E-state index in [9.17, 15) is 9.90 Å². The zero-order valence-corrected chi connectivity index (χ0v) is 9.02. The van der Waals surface area contributed by atoms with Crippen molar-refractivity contribution < 1.29 is 9.90 Å². The summed E-state index contributed by atoms with van der Waals surface area (Å²) in [6, 6.07) is 9.44. The fourth-order valence-corrected chi connectivity index (χ4v) is 1.45. The highest BCUT2D eigenvalue weighted by atomic mass is 16.3. The van der Waals surface area contributed by atoms with Gasteiger partial charge in [-0.1, -0.05) is 30.3 Å². The van der Waals surface area contributed by atoms with Crippen molar-refractivity contribution in [1.82, 2.24) is 10.6 Å². The monoisotopic (exact) mass is 220 g/mol. The first kappa shape index (κ1) is 11.0. The molecular formula is C12H16N2O2.